The van der Waals surface area contributed by atoms with Crippen molar-refractivity contribution in [3.63, 3.8) is 0 Å². The minimum atomic E-state index is 0.0923. The lowest BCUT2D eigenvalue weighted by molar-refractivity contribution is -0.137. The molecule has 0 radical (unpaired) electrons. The molecular formula is C19H30N4O2. The summed E-state index contributed by atoms with van der Waals surface area (Å²) >= 11 is 0. The van der Waals surface area contributed by atoms with Crippen molar-refractivity contribution in [3.05, 3.63) is 18.2 Å². The molecule has 1 atom stereocenters. The smallest absolute Gasteiger partial charge is 0.225 e. The van der Waals surface area contributed by atoms with Gasteiger partial charge in [0, 0.05) is 51.4 Å². The Morgan fingerprint density at radius 3 is 2.64 bits per heavy atom. The Labute approximate surface area is 150 Å². The Kier molecular flexibility index (Phi) is 5.76. The molecule has 0 N–H and O–H groups in total. The van der Waals surface area contributed by atoms with Crippen LogP contribution < -0.4 is 0 Å². The average molecular weight is 346 g/mol. The molecule has 1 aliphatic heterocycles. The summed E-state index contributed by atoms with van der Waals surface area (Å²) in [5, 5.41) is 0. The first-order valence-electron chi connectivity index (χ1n) is 9.60. The molecule has 6 nitrogen and oxygen atoms in total. The first-order valence-corrected chi connectivity index (χ1v) is 9.60. The Balaban J connectivity index is 1.56. The van der Waals surface area contributed by atoms with Gasteiger partial charge in [-0.1, -0.05) is 19.3 Å². The molecule has 1 unspecified atom stereocenters. The molecule has 2 heterocycles. The minimum absolute atomic E-state index is 0.0923. The number of carbonyl (C=O) groups excluding carboxylic acids is 2. The second kappa shape index (κ2) is 8.02. The fourth-order valence-electron chi connectivity index (χ4n) is 4.26. The van der Waals surface area contributed by atoms with Crippen molar-refractivity contribution < 1.29 is 9.59 Å². The van der Waals surface area contributed by atoms with Gasteiger partial charge in [0.25, 0.3) is 0 Å². The molecule has 25 heavy (non-hydrogen) atoms. The number of aromatic nitrogens is 2. The molecule has 2 aliphatic rings. The van der Waals surface area contributed by atoms with Crippen LogP contribution in [0.15, 0.2) is 12.4 Å². The molecule has 1 aromatic rings. The zero-order chi connectivity index (χ0) is 17.8. The van der Waals surface area contributed by atoms with Crippen molar-refractivity contribution in [2.24, 2.45) is 5.92 Å². The number of hydrogen-bond donors (Lipinski definition) is 0. The van der Waals surface area contributed by atoms with Crippen molar-refractivity contribution in [1.29, 1.82) is 0 Å². The van der Waals surface area contributed by atoms with E-state index in [4.69, 9.17) is 0 Å². The van der Waals surface area contributed by atoms with Crippen molar-refractivity contribution in [2.75, 3.05) is 19.6 Å². The SMILES string of the molecule is CC(=O)N(CCn1ccnc1C)C1CCN(C(=O)C2CCCCC2)C1. The lowest BCUT2D eigenvalue weighted by Crippen LogP contribution is -2.44. The van der Waals surface area contributed by atoms with Crippen LogP contribution >= 0.6 is 0 Å². The lowest BCUT2D eigenvalue weighted by atomic mass is 9.88. The van der Waals surface area contributed by atoms with Crippen LogP contribution in [0.5, 0.6) is 0 Å². The van der Waals surface area contributed by atoms with Crippen LogP contribution in [0.1, 0.15) is 51.3 Å². The van der Waals surface area contributed by atoms with Crippen molar-refractivity contribution in [1.82, 2.24) is 19.4 Å². The molecule has 1 saturated carbocycles. The van der Waals surface area contributed by atoms with Crippen LogP contribution in [0.25, 0.3) is 0 Å². The third kappa shape index (κ3) is 4.22. The number of aryl methyl sites for hydroxylation is 1. The molecule has 0 bridgehead atoms. The number of amides is 2. The highest BCUT2D eigenvalue weighted by Gasteiger charge is 2.34. The van der Waals surface area contributed by atoms with Gasteiger partial charge >= 0.3 is 0 Å². The Morgan fingerprint density at radius 1 is 1.24 bits per heavy atom. The topological polar surface area (TPSA) is 58.4 Å². The van der Waals surface area contributed by atoms with Gasteiger partial charge in [-0.2, -0.15) is 0 Å². The van der Waals surface area contributed by atoms with E-state index in [2.05, 4.69) is 9.55 Å². The van der Waals surface area contributed by atoms with Crippen LogP contribution in [-0.4, -0.2) is 56.8 Å². The molecule has 0 spiro atoms. The number of likely N-dealkylation sites (tertiary alicyclic amines) is 1. The maximum absolute atomic E-state index is 12.7. The van der Waals surface area contributed by atoms with Gasteiger partial charge in [0.05, 0.1) is 6.04 Å². The van der Waals surface area contributed by atoms with Gasteiger partial charge in [0.2, 0.25) is 11.8 Å². The second-order valence-electron chi connectivity index (χ2n) is 7.44. The highest BCUT2D eigenvalue weighted by Crippen LogP contribution is 2.27. The third-order valence-corrected chi connectivity index (χ3v) is 5.78. The van der Waals surface area contributed by atoms with E-state index in [1.165, 1.54) is 19.3 Å². The summed E-state index contributed by atoms with van der Waals surface area (Å²) in [6.45, 7) is 6.50. The molecule has 6 heteroatoms. The molecule has 2 amide bonds. The fraction of sp³-hybridized carbons (Fsp3) is 0.737. The van der Waals surface area contributed by atoms with E-state index < -0.39 is 0 Å². The van der Waals surface area contributed by atoms with Gasteiger partial charge in [-0.25, -0.2) is 4.98 Å². The highest BCUT2D eigenvalue weighted by molar-refractivity contribution is 5.79. The molecule has 1 aromatic heterocycles. The van der Waals surface area contributed by atoms with Crippen LogP contribution in [-0.2, 0) is 16.1 Å². The zero-order valence-electron chi connectivity index (χ0n) is 15.5. The van der Waals surface area contributed by atoms with Crippen molar-refractivity contribution in [3.8, 4) is 0 Å². The molecule has 2 fully saturated rings. The number of imidazole rings is 1. The van der Waals surface area contributed by atoms with E-state index in [0.29, 0.717) is 19.0 Å². The highest BCUT2D eigenvalue weighted by atomic mass is 16.2. The maximum Gasteiger partial charge on any atom is 0.225 e. The normalized spacial score (nSPS) is 21.5. The van der Waals surface area contributed by atoms with Gasteiger partial charge in [-0.15, -0.1) is 0 Å². The average Bonchev–Trinajstić information content (AvgIpc) is 3.25. The number of rotatable bonds is 5. The molecule has 3 rings (SSSR count). The van der Waals surface area contributed by atoms with Gasteiger partial charge in [-0.3, -0.25) is 9.59 Å². The number of carbonyl (C=O) groups is 2. The Bertz CT molecular complexity index is 606. The second-order valence-corrected chi connectivity index (χ2v) is 7.44. The van der Waals surface area contributed by atoms with Crippen LogP contribution in [0.4, 0.5) is 0 Å². The Hall–Kier alpha value is -1.85. The lowest BCUT2D eigenvalue weighted by Gasteiger charge is -2.30. The summed E-state index contributed by atoms with van der Waals surface area (Å²) in [6, 6.07) is 0.147. The maximum atomic E-state index is 12.7. The van der Waals surface area contributed by atoms with Crippen LogP contribution in [0, 0.1) is 12.8 Å². The van der Waals surface area contributed by atoms with Crippen molar-refractivity contribution >= 4 is 11.8 Å². The first kappa shape index (κ1) is 18.0. The summed E-state index contributed by atoms with van der Waals surface area (Å²) in [4.78, 5) is 33.1. The van der Waals surface area contributed by atoms with E-state index in [0.717, 1.165) is 38.2 Å². The standard InChI is InChI=1S/C19H30N4O2/c1-15-20-9-11-21(15)12-13-23(16(2)24)18-8-10-22(14-18)19(25)17-6-4-3-5-7-17/h9,11,17-18H,3-8,10,12-14H2,1-2H3. The third-order valence-electron chi connectivity index (χ3n) is 5.78. The number of hydrogen-bond acceptors (Lipinski definition) is 3. The predicted molar refractivity (Wildman–Crippen MR) is 95.9 cm³/mol. The van der Waals surface area contributed by atoms with E-state index >= 15 is 0 Å². The van der Waals surface area contributed by atoms with Crippen LogP contribution in [0.3, 0.4) is 0 Å². The van der Waals surface area contributed by atoms with E-state index in [-0.39, 0.29) is 17.9 Å². The summed E-state index contributed by atoms with van der Waals surface area (Å²) in [6.07, 6.45) is 10.3. The van der Waals surface area contributed by atoms with E-state index in [1.807, 2.05) is 22.9 Å². The van der Waals surface area contributed by atoms with Gasteiger partial charge in [0.1, 0.15) is 5.82 Å². The summed E-state index contributed by atoms with van der Waals surface area (Å²) in [5.74, 6) is 1.58. The van der Waals surface area contributed by atoms with Gasteiger partial charge < -0.3 is 14.4 Å². The fourth-order valence-corrected chi connectivity index (χ4v) is 4.26. The first-order chi connectivity index (χ1) is 12.1. The van der Waals surface area contributed by atoms with Crippen LogP contribution in [0.2, 0.25) is 0 Å². The molecule has 138 valence electrons. The number of nitrogens with zero attached hydrogens (tertiary/aromatic N) is 4. The monoisotopic (exact) mass is 346 g/mol. The zero-order valence-corrected chi connectivity index (χ0v) is 15.5. The Morgan fingerprint density at radius 2 is 2.00 bits per heavy atom. The molecular weight excluding hydrogens is 316 g/mol. The van der Waals surface area contributed by atoms with Gasteiger partial charge in [-0.05, 0) is 26.2 Å². The largest absolute Gasteiger partial charge is 0.340 e. The molecule has 1 saturated heterocycles. The van der Waals surface area contributed by atoms with E-state index in [9.17, 15) is 9.59 Å². The minimum Gasteiger partial charge on any atom is -0.340 e. The van der Waals surface area contributed by atoms with E-state index in [1.54, 1.807) is 13.1 Å². The molecule has 0 aromatic carbocycles. The summed E-state index contributed by atoms with van der Waals surface area (Å²) in [7, 11) is 0. The van der Waals surface area contributed by atoms with Gasteiger partial charge in [0.15, 0.2) is 0 Å². The predicted octanol–water partition coefficient (Wildman–Crippen LogP) is 2.22. The quantitative estimate of drug-likeness (QED) is 0.821. The molecule has 1 aliphatic carbocycles. The summed E-state index contributed by atoms with van der Waals surface area (Å²) < 4.78 is 2.07. The summed E-state index contributed by atoms with van der Waals surface area (Å²) in [5.41, 5.74) is 0. The van der Waals surface area contributed by atoms with Crippen molar-refractivity contribution in [2.45, 2.75) is 65.0 Å².